The van der Waals surface area contributed by atoms with Crippen LogP contribution >= 0.6 is 0 Å². The van der Waals surface area contributed by atoms with E-state index in [1.165, 1.54) is 64.6 Å². The second-order valence-corrected chi connectivity index (χ2v) is 5.50. The first-order valence-electron chi connectivity index (χ1n) is 7.38. The minimum atomic E-state index is 0.776. The Labute approximate surface area is 106 Å². The second-order valence-electron chi connectivity index (χ2n) is 5.50. The zero-order chi connectivity index (χ0) is 11.9. The minimum absolute atomic E-state index is 0.776. The number of nitrogens with one attached hydrogen (secondary N) is 1. The maximum absolute atomic E-state index is 5.07. The molecule has 0 bridgehead atoms. The lowest BCUT2D eigenvalue weighted by Gasteiger charge is -2.32. The largest absolute Gasteiger partial charge is 0.385 e. The average Bonchev–Trinajstić information content (AvgIpc) is 2.77. The molecule has 0 spiro atoms. The molecule has 2 aliphatic rings. The van der Waals surface area contributed by atoms with Crippen molar-refractivity contribution in [3.8, 4) is 0 Å². The van der Waals surface area contributed by atoms with Crippen molar-refractivity contribution in [1.82, 2.24) is 10.2 Å². The van der Waals surface area contributed by atoms with Crippen LogP contribution in [0.1, 0.15) is 44.9 Å². The summed E-state index contributed by atoms with van der Waals surface area (Å²) in [5, 5.41) is 3.78. The lowest BCUT2D eigenvalue weighted by atomic mass is 9.99. The smallest absolute Gasteiger partial charge is 0.0462 e. The van der Waals surface area contributed by atoms with Crippen molar-refractivity contribution in [2.75, 3.05) is 33.4 Å². The van der Waals surface area contributed by atoms with Crippen LogP contribution in [0.15, 0.2) is 0 Å². The van der Waals surface area contributed by atoms with Gasteiger partial charge in [0.2, 0.25) is 0 Å². The number of rotatable bonds is 7. The fourth-order valence-corrected chi connectivity index (χ4v) is 3.32. The molecule has 3 heteroatoms. The van der Waals surface area contributed by atoms with Crippen molar-refractivity contribution < 1.29 is 4.74 Å². The normalized spacial score (nSPS) is 29.5. The first-order valence-corrected chi connectivity index (χ1v) is 7.38. The van der Waals surface area contributed by atoms with Crippen molar-refractivity contribution in [2.45, 2.75) is 57.0 Å². The van der Waals surface area contributed by atoms with Crippen LogP contribution in [0.4, 0.5) is 0 Å². The Balaban J connectivity index is 1.56. The topological polar surface area (TPSA) is 24.5 Å². The first kappa shape index (κ1) is 13.3. The van der Waals surface area contributed by atoms with Gasteiger partial charge in [0.1, 0.15) is 0 Å². The van der Waals surface area contributed by atoms with Gasteiger partial charge in [-0.1, -0.05) is 6.42 Å². The molecule has 2 aliphatic heterocycles. The maximum Gasteiger partial charge on any atom is 0.0462 e. The molecule has 100 valence electrons. The van der Waals surface area contributed by atoms with Crippen LogP contribution in [0.3, 0.4) is 0 Å². The summed E-state index contributed by atoms with van der Waals surface area (Å²) in [4.78, 5) is 2.70. The maximum atomic E-state index is 5.07. The first-order chi connectivity index (χ1) is 8.42. The Morgan fingerprint density at radius 2 is 2.06 bits per heavy atom. The molecule has 1 N–H and O–H groups in total. The molecule has 2 saturated heterocycles. The molecule has 2 rings (SSSR count). The van der Waals surface area contributed by atoms with Crippen LogP contribution in [0, 0.1) is 0 Å². The van der Waals surface area contributed by atoms with Crippen LogP contribution in [0.5, 0.6) is 0 Å². The van der Waals surface area contributed by atoms with Gasteiger partial charge >= 0.3 is 0 Å². The molecule has 2 heterocycles. The van der Waals surface area contributed by atoms with Crippen LogP contribution in [0.2, 0.25) is 0 Å². The molecule has 0 radical (unpaired) electrons. The molecule has 2 atom stereocenters. The van der Waals surface area contributed by atoms with Crippen LogP contribution in [-0.4, -0.2) is 50.3 Å². The van der Waals surface area contributed by atoms with E-state index < -0.39 is 0 Å². The summed E-state index contributed by atoms with van der Waals surface area (Å²) < 4.78 is 5.07. The van der Waals surface area contributed by atoms with Gasteiger partial charge in [-0.2, -0.15) is 0 Å². The highest BCUT2D eigenvalue weighted by Crippen LogP contribution is 2.26. The number of ether oxygens (including phenoxy) is 1. The third kappa shape index (κ3) is 3.94. The lowest BCUT2D eigenvalue weighted by molar-refractivity contribution is 0.179. The van der Waals surface area contributed by atoms with E-state index in [0.717, 1.165) is 18.7 Å². The zero-order valence-electron chi connectivity index (χ0n) is 11.3. The Morgan fingerprint density at radius 3 is 2.94 bits per heavy atom. The fraction of sp³-hybridized carbons (Fsp3) is 1.00. The van der Waals surface area contributed by atoms with Crippen LogP contribution in [-0.2, 0) is 4.74 Å². The van der Waals surface area contributed by atoms with E-state index in [2.05, 4.69) is 10.2 Å². The van der Waals surface area contributed by atoms with Crippen molar-refractivity contribution in [3.63, 3.8) is 0 Å². The Hall–Kier alpha value is -0.120. The summed E-state index contributed by atoms with van der Waals surface area (Å²) in [7, 11) is 1.79. The van der Waals surface area contributed by atoms with Gasteiger partial charge in [-0.25, -0.2) is 0 Å². The van der Waals surface area contributed by atoms with Gasteiger partial charge in [0.05, 0.1) is 0 Å². The molecule has 3 nitrogen and oxygen atoms in total. The van der Waals surface area contributed by atoms with Gasteiger partial charge in [0.15, 0.2) is 0 Å². The van der Waals surface area contributed by atoms with Gasteiger partial charge in [0.25, 0.3) is 0 Å². The van der Waals surface area contributed by atoms with Crippen LogP contribution < -0.4 is 5.32 Å². The van der Waals surface area contributed by atoms with Crippen molar-refractivity contribution in [1.29, 1.82) is 0 Å². The Bertz CT molecular complexity index is 210. The van der Waals surface area contributed by atoms with E-state index in [0.29, 0.717) is 0 Å². The molecule has 0 amide bonds. The molecule has 0 aromatic rings. The molecule has 0 aromatic heterocycles. The Kier molecular flexibility index (Phi) is 5.75. The summed E-state index contributed by atoms with van der Waals surface area (Å²) >= 11 is 0. The van der Waals surface area contributed by atoms with Crippen molar-refractivity contribution in [2.24, 2.45) is 0 Å². The molecule has 0 aliphatic carbocycles. The third-order valence-corrected chi connectivity index (χ3v) is 4.29. The van der Waals surface area contributed by atoms with Gasteiger partial charge in [-0.05, 0) is 51.6 Å². The van der Waals surface area contributed by atoms with Gasteiger partial charge in [-0.15, -0.1) is 0 Å². The SMILES string of the molecule is COCCCCCNC1CCN2CCCCC12. The number of hydrogen-bond acceptors (Lipinski definition) is 3. The van der Waals surface area contributed by atoms with Crippen molar-refractivity contribution in [3.05, 3.63) is 0 Å². The number of unbranched alkanes of at least 4 members (excludes halogenated alkanes) is 2. The number of hydrogen-bond donors (Lipinski definition) is 1. The average molecular weight is 240 g/mol. The third-order valence-electron chi connectivity index (χ3n) is 4.29. The highest BCUT2D eigenvalue weighted by molar-refractivity contribution is 4.93. The van der Waals surface area contributed by atoms with E-state index >= 15 is 0 Å². The number of piperidine rings is 1. The quantitative estimate of drug-likeness (QED) is 0.689. The van der Waals surface area contributed by atoms with Crippen LogP contribution in [0.25, 0.3) is 0 Å². The number of fused-ring (bicyclic) bond motifs is 1. The van der Waals surface area contributed by atoms with E-state index in [1.54, 1.807) is 7.11 Å². The fourth-order valence-electron chi connectivity index (χ4n) is 3.32. The number of nitrogens with zero attached hydrogens (tertiary/aromatic N) is 1. The Morgan fingerprint density at radius 1 is 1.12 bits per heavy atom. The predicted molar refractivity (Wildman–Crippen MR) is 71.3 cm³/mol. The molecule has 17 heavy (non-hydrogen) atoms. The summed E-state index contributed by atoms with van der Waals surface area (Å²) in [6.45, 7) is 4.78. The standard InChI is InChI=1S/C14H28N2O/c1-17-12-6-2-4-9-15-13-8-11-16-10-5-3-7-14(13)16/h13-15H,2-12H2,1H3. The van der Waals surface area contributed by atoms with Gasteiger partial charge in [-0.3, -0.25) is 4.90 Å². The van der Waals surface area contributed by atoms with E-state index in [4.69, 9.17) is 4.74 Å². The lowest BCUT2D eigenvalue weighted by Crippen LogP contribution is -2.45. The highest BCUT2D eigenvalue weighted by Gasteiger charge is 2.34. The molecule has 2 unspecified atom stereocenters. The summed E-state index contributed by atoms with van der Waals surface area (Å²) in [5.74, 6) is 0. The van der Waals surface area contributed by atoms with E-state index in [1.807, 2.05) is 0 Å². The molecule has 0 aromatic carbocycles. The highest BCUT2D eigenvalue weighted by atomic mass is 16.5. The monoisotopic (exact) mass is 240 g/mol. The summed E-state index contributed by atoms with van der Waals surface area (Å²) in [5.41, 5.74) is 0. The predicted octanol–water partition coefficient (Wildman–Crippen LogP) is 2.02. The van der Waals surface area contributed by atoms with Gasteiger partial charge in [0, 0.05) is 32.3 Å². The summed E-state index contributed by atoms with van der Waals surface area (Å²) in [6, 6.07) is 1.63. The van der Waals surface area contributed by atoms with E-state index in [-0.39, 0.29) is 0 Å². The second kappa shape index (κ2) is 7.34. The summed E-state index contributed by atoms with van der Waals surface area (Å²) in [6.07, 6.45) is 9.43. The minimum Gasteiger partial charge on any atom is -0.385 e. The zero-order valence-corrected chi connectivity index (χ0v) is 11.3. The van der Waals surface area contributed by atoms with Crippen molar-refractivity contribution >= 4 is 0 Å². The van der Waals surface area contributed by atoms with E-state index in [9.17, 15) is 0 Å². The van der Waals surface area contributed by atoms with Gasteiger partial charge < -0.3 is 10.1 Å². The molecule has 2 fully saturated rings. The number of methoxy groups -OCH3 is 1. The molecular weight excluding hydrogens is 212 g/mol. The molecular formula is C14H28N2O. The molecule has 0 saturated carbocycles.